The lowest BCUT2D eigenvalue weighted by molar-refractivity contribution is 0.0645. The number of carboxylic acid groups (broad SMARTS) is 1. The van der Waals surface area contributed by atoms with Crippen LogP contribution in [0, 0.1) is 0 Å². The molecule has 2 aliphatic heterocycles. The minimum atomic E-state index is -1.19. The molecule has 1 fully saturated rings. The fraction of sp³-hybridized carbons (Fsp3) is 0.333. The maximum atomic E-state index is 12.7. The van der Waals surface area contributed by atoms with E-state index in [-0.39, 0.29) is 23.5 Å². The fourth-order valence-electron chi connectivity index (χ4n) is 3.33. The molecule has 0 aliphatic carbocycles. The van der Waals surface area contributed by atoms with Gasteiger partial charge in [-0.2, -0.15) is 0 Å². The highest BCUT2D eigenvalue weighted by Crippen LogP contribution is 2.38. The van der Waals surface area contributed by atoms with Gasteiger partial charge in [-0.15, -0.1) is 0 Å². The summed E-state index contributed by atoms with van der Waals surface area (Å²) in [7, 11) is 0. The first-order chi connectivity index (χ1) is 12.1. The van der Waals surface area contributed by atoms with Gasteiger partial charge in [-0.05, 0) is 42.7 Å². The van der Waals surface area contributed by atoms with E-state index in [4.69, 9.17) is 19.0 Å². The second-order valence-corrected chi connectivity index (χ2v) is 6.03. The van der Waals surface area contributed by atoms with E-state index in [1.165, 1.54) is 12.1 Å². The molecular formula is C18H17NO6. The van der Waals surface area contributed by atoms with E-state index >= 15 is 0 Å². The first-order valence-electron chi connectivity index (χ1n) is 8.17. The summed E-state index contributed by atoms with van der Waals surface area (Å²) < 4.78 is 16.3. The van der Waals surface area contributed by atoms with Crippen molar-refractivity contribution in [3.8, 4) is 11.5 Å². The lowest BCUT2D eigenvalue weighted by Gasteiger charge is -2.26. The molecule has 1 amide bonds. The van der Waals surface area contributed by atoms with Crippen molar-refractivity contribution in [2.75, 3.05) is 19.8 Å². The van der Waals surface area contributed by atoms with E-state index in [1.54, 1.807) is 4.90 Å². The molecule has 0 unspecified atom stereocenters. The summed E-state index contributed by atoms with van der Waals surface area (Å²) >= 11 is 0. The van der Waals surface area contributed by atoms with Crippen molar-refractivity contribution in [2.45, 2.75) is 18.9 Å². The van der Waals surface area contributed by atoms with Crippen LogP contribution in [0.15, 0.2) is 34.7 Å². The van der Waals surface area contributed by atoms with E-state index in [9.17, 15) is 9.59 Å². The standard InChI is InChI=1S/C18H17NO6/c20-17(14-5-6-15(25-14)18(21)22)19-7-1-2-12(19)11-3-4-13-16(10-11)24-9-8-23-13/h3-6,10,12H,1-2,7-9H2,(H,21,22)/t12-/m0/s1. The summed E-state index contributed by atoms with van der Waals surface area (Å²) in [6.07, 6.45) is 1.70. The predicted octanol–water partition coefficient (Wildman–Crippen LogP) is 2.73. The van der Waals surface area contributed by atoms with Gasteiger partial charge < -0.3 is 23.9 Å². The number of aromatic carboxylic acids is 1. The molecule has 2 aliphatic rings. The summed E-state index contributed by atoms with van der Waals surface area (Å²) in [4.78, 5) is 25.4. The van der Waals surface area contributed by atoms with Crippen LogP contribution in [-0.2, 0) is 0 Å². The average molecular weight is 343 g/mol. The number of fused-ring (bicyclic) bond motifs is 1. The summed E-state index contributed by atoms with van der Waals surface area (Å²) in [6, 6.07) is 8.32. The van der Waals surface area contributed by atoms with Crippen LogP contribution < -0.4 is 9.47 Å². The van der Waals surface area contributed by atoms with Crippen molar-refractivity contribution < 1.29 is 28.6 Å². The summed E-state index contributed by atoms with van der Waals surface area (Å²) in [6.45, 7) is 1.64. The number of carbonyl (C=O) groups excluding carboxylic acids is 1. The molecule has 1 N–H and O–H groups in total. The van der Waals surface area contributed by atoms with Crippen LogP contribution in [0.4, 0.5) is 0 Å². The molecule has 0 radical (unpaired) electrons. The highest BCUT2D eigenvalue weighted by Gasteiger charge is 2.33. The second kappa shape index (κ2) is 6.16. The van der Waals surface area contributed by atoms with Gasteiger partial charge in [0.15, 0.2) is 17.3 Å². The number of hydrogen-bond acceptors (Lipinski definition) is 5. The SMILES string of the molecule is O=C(O)c1ccc(C(=O)N2CCC[C@H]2c2ccc3c(c2)OCCO3)o1. The molecule has 2 aromatic rings. The smallest absolute Gasteiger partial charge is 0.371 e. The normalized spacial score (nSPS) is 19.0. The molecule has 1 atom stereocenters. The number of benzene rings is 1. The van der Waals surface area contributed by atoms with Gasteiger partial charge in [0.2, 0.25) is 5.76 Å². The lowest BCUT2D eigenvalue weighted by Crippen LogP contribution is -2.30. The van der Waals surface area contributed by atoms with Crippen molar-refractivity contribution in [3.05, 3.63) is 47.4 Å². The molecular weight excluding hydrogens is 326 g/mol. The van der Waals surface area contributed by atoms with Gasteiger partial charge in [-0.25, -0.2) is 4.79 Å². The number of furan rings is 1. The number of rotatable bonds is 3. The van der Waals surface area contributed by atoms with E-state index < -0.39 is 5.97 Å². The third-order valence-corrected chi connectivity index (χ3v) is 4.49. The summed E-state index contributed by atoms with van der Waals surface area (Å²) in [5.41, 5.74) is 0.972. The highest BCUT2D eigenvalue weighted by atomic mass is 16.6. The number of hydrogen-bond donors (Lipinski definition) is 1. The van der Waals surface area contributed by atoms with E-state index in [0.29, 0.717) is 31.3 Å². The van der Waals surface area contributed by atoms with Crippen LogP contribution in [-0.4, -0.2) is 41.6 Å². The zero-order valence-electron chi connectivity index (χ0n) is 13.4. The van der Waals surface area contributed by atoms with E-state index in [2.05, 4.69) is 0 Å². The molecule has 0 bridgehead atoms. The molecule has 0 spiro atoms. The Labute approximate surface area is 143 Å². The minimum absolute atomic E-state index is 0.0434. The van der Waals surface area contributed by atoms with Crippen LogP contribution in [0.3, 0.4) is 0 Å². The number of amides is 1. The zero-order chi connectivity index (χ0) is 17.4. The van der Waals surface area contributed by atoms with Crippen LogP contribution in [0.5, 0.6) is 11.5 Å². The van der Waals surface area contributed by atoms with Crippen molar-refractivity contribution >= 4 is 11.9 Å². The van der Waals surface area contributed by atoms with Gasteiger partial charge in [-0.1, -0.05) is 6.07 Å². The quantitative estimate of drug-likeness (QED) is 0.922. The fourth-order valence-corrected chi connectivity index (χ4v) is 3.33. The van der Waals surface area contributed by atoms with E-state index in [1.807, 2.05) is 18.2 Å². The molecule has 1 aromatic carbocycles. The molecule has 1 saturated heterocycles. The Kier molecular flexibility index (Phi) is 3.83. The Morgan fingerprint density at radius 3 is 2.56 bits per heavy atom. The van der Waals surface area contributed by atoms with Crippen molar-refractivity contribution in [1.29, 1.82) is 0 Å². The number of nitrogens with zero attached hydrogens (tertiary/aromatic N) is 1. The molecule has 3 heterocycles. The molecule has 7 heteroatoms. The minimum Gasteiger partial charge on any atom is -0.486 e. The lowest BCUT2D eigenvalue weighted by atomic mass is 10.0. The second-order valence-electron chi connectivity index (χ2n) is 6.03. The highest BCUT2D eigenvalue weighted by molar-refractivity contribution is 5.94. The van der Waals surface area contributed by atoms with Crippen LogP contribution in [0.2, 0.25) is 0 Å². The largest absolute Gasteiger partial charge is 0.486 e. The Balaban J connectivity index is 1.59. The Hall–Kier alpha value is -2.96. The van der Waals surface area contributed by atoms with E-state index in [0.717, 1.165) is 18.4 Å². The monoisotopic (exact) mass is 343 g/mol. The van der Waals surface area contributed by atoms with Crippen molar-refractivity contribution in [3.63, 3.8) is 0 Å². The number of carbonyl (C=O) groups is 2. The number of carboxylic acids is 1. The first-order valence-corrected chi connectivity index (χ1v) is 8.17. The van der Waals surface area contributed by atoms with Crippen molar-refractivity contribution in [1.82, 2.24) is 4.90 Å². The molecule has 25 heavy (non-hydrogen) atoms. The molecule has 4 rings (SSSR count). The summed E-state index contributed by atoms with van der Waals surface area (Å²) in [5.74, 6) is -0.286. The number of ether oxygens (including phenoxy) is 2. The topological polar surface area (TPSA) is 89.2 Å². The van der Waals surface area contributed by atoms with Crippen LogP contribution >= 0.6 is 0 Å². The third-order valence-electron chi connectivity index (χ3n) is 4.49. The molecule has 1 aromatic heterocycles. The van der Waals surface area contributed by atoms with Gasteiger partial charge in [0.25, 0.3) is 5.91 Å². The van der Waals surface area contributed by atoms with Gasteiger partial charge in [0, 0.05) is 6.54 Å². The van der Waals surface area contributed by atoms with Crippen LogP contribution in [0.25, 0.3) is 0 Å². The van der Waals surface area contributed by atoms with Gasteiger partial charge >= 0.3 is 5.97 Å². The van der Waals surface area contributed by atoms with Crippen molar-refractivity contribution in [2.24, 2.45) is 0 Å². The Morgan fingerprint density at radius 1 is 1.04 bits per heavy atom. The Bertz CT molecular complexity index is 827. The Morgan fingerprint density at radius 2 is 1.80 bits per heavy atom. The van der Waals surface area contributed by atoms with Crippen LogP contribution in [0.1, 0.15) is 45.6 Å². The molecule has 130 valence electrons. The first kappa shape index (κ1) is 15.6. The van der Waals surface area contributed by atoms with Gasteiger partial charge in [0.05, 0.1) is 6.04 Å². The average Bonchev–Trinajstić information content (AvgIpc) is 3.30. The van der Waals surface area contributed by atoms with Gasteiger partial charge in [-0.3, -0.25) is 4.79 Å². The maximum absolute atomic E-state index is 12.7. The molecule has 0 saturated carbocycles. The number of likely N-dealkylation sites (tertiary alicyclic amines) is 1. The maximum Gasteiger partial charge on any atom is 0.371 e. The van der Waals surface area contributed by atoms with Gasteiger partial charge in [0.1, 0.15) is 13.2 Å². The third kappa shape index (κ3) is 2.82. The summed E-state index contributed by atoms with van der Waals surface area (Å²) in [5, 5.41) is 8.94. The zero-order valence-corrected chi connectivity index (χ0v) is 13.4. The predicted molar refractivity (Wildman–Crippen MR) is 86.1 cm³/mol. The molecule has 7 nitrogen and oxygen atoms in total.